The second-order valence-corrected chi connectivity index (χ2v) is 5.74. The highest BCUT2D eigenvalue weighted by atomic mass is 16.5. The third-order valence-corrected chi connectivity index (χ3v) is 4.33. The average molecular weight is 277 g/mol. The van der Waals surface area contributed by atoms with Gasteiger partial charge in [-0.05, 0) is 38.3 Å². The Morgan fingerprint density at radius 3 is 2.60 bits per heavy atom. The summed E-state index contributed by atoms with van der Waals surface area (Å²) in [6, 6.07) is 7.77. The molecule has 0 aromatic heterocycles. The Morgan fingerprint density at radius 2 is 2.00 bits per heavy atom. The van der Waals surface area contributed by atoms with E-state index in [4.69, 9.17) is 19.9 Å². The van der Waals surface area contributed by atoms with Crippen molar-refractivity contribution < 1.29 is 14.2 Å². The second-order valence-electron chi connectivity index (χ2n) is 5.74. The summed E-state index contributed by atoms with van der Waals surface area (Å²) in [6.07, 6.45) is 4.65. The standard InChI is InChI=1S/C16H23NO3/c1-2-18-13-5-3-4-6-14(13)19-10-9-16(17)11-12-7-8-15(16)20-12/h3-6,12,15H,2,7-11,17H2,1H3. The van der Waals surface area contributed by atoms with Gasteiger partial charge in [0.15, 0.2) is 11.5 Å². The summed E-state index contributed by atoms with van der Waals surface area (Å²) in [5, 5.41) is 0. The highest BCUT2D eigenvalue weighted by Gasteiger charge is 2.49. The minimum Gasteiger partial charge on any atom is -0.490 e. The van der Waals surface area contributed by atoms with Gasteiger partial charge >= 0.3 is 0 Å². The third kappa shape index (κ3) is 2.63. The normalized spacial score (nSPS) is 31.5. The number of hydrogen-bond acceptors (Lipinski definition) is 4. The Bertz CT molecular complexity index is 465. The van der Waals surface area contributed by atoms with E-state index in [0.29, 0.717) is 19.3 Å². The molecule has 2 saturated heterocycles. The van der Waals surface area contributed by atoms with Crippen molar-refractivity contribution in [1.82, 2.24) is 0 Å². The zero-order chi connectivity index (χ0) is 14.0. The molecular weight excluding hydrogens is 254 g/mol. The Hall–Kier alpha value is -1.26. The zero-order valence-electron chi connectivity index (χ0n) is 12.0. The van der Waals surface area contributed by atoms with Gasteiger partial charge in [0.25, 0.3) is 0 Å². The van der Waals surface area contributed by atoms with Gasteiger partial charge in [-0.15, -0.1) is 0 Å². The second kappa shape index (κ2) is 5.62. The molecule has 2 aliphatic rings. The van der Waals surface area contributed by atoms with Gasteiger partial charge in [-0.3, -0.25) is 0 Å². The lowest BCUT2D eigenvalue weighted by Gasteiger charge is -2.31. The van der Waals surface area contributed by atoms with Crippen molar-refractivity contribution in [3.05, 3.63) is 24.3 Å². The van der Waals surface area contributed by atoms with E-state index < -0.39 is 0 Å². The van der Waals surface area contributed by atoms with Crippen LogP contribution in [-0.4, -0.2) is 31.0 Å². The molecule has 110 valence electrons. The van der Waals surface area contributed by atoms with Gasteiger partial charge in [0.1, 0.15) is 0 Å². The molecule has 2 bridgehead atoms. The fourth-order valence-electron chi connectivity index (χ4n) is 3.29. The van der Waals surface area contributed by atoms with Crippen LogP contribution in [0.15, 0.2) is 24.3 Å². The lowest BCUT2D eigenvalue weighted by atomic mass is 9.80. The number of fused-ring (bicyclic) bond motifs is 2. The van der Waals surface area contributed by atoms with Crippen molar-refractivity contribution in [1.29, 1.82) is 0 Å². The summed E-state index contributed by atoms with van der Waals surface area (Å²) in [6.45, 7) is 3.21. The highest BCUT2D eigenvalue weighted by Crippen LogP contribution is 2.42. The SMILES string of the molecule is CCOc1ccccc1OCCC1(N)CC2CCC1O2. The summed E-state index contributed by atoms with van der Waals surface area (Å²) < 4.78 is 17.3. The molecule has 1 aromatic carbocycles. The van der Waals surface area contributed by atoms with E-state index in [1.165, 1.54) is 0 Å². The number of benzene rings is 1. The topological polar surface area (TPSA) is 53.7 Å². The van der Waals surface area contributed by atoms with E-state index in [1.54, 1.807) is 0 Å². The molecule has 4 heteroatoms. The Kier molecular flexibility index (Phi) is 3.85. The summed E-state index contributed by atoms with van der Waals surface area (Å²) in [4.78, 5) is 0. The van der Waals surface area contributed by atoms with E-state index in [-0.39, 0.29) is 11.6 Å². The fraction of sp³-hybridized carbons (Fsp3) is 0.625. The summed E-state index contributed by atoms with van der Waals surface area (Å²) in [5.41, 5.74) is 6.26. The quantitative estimate of drug-likeness (QED) is 0.868. The first-order valence-corrected chi connectivity index (χ1v) is 7.50. The van der Waals surface area contributed by atoms with Crippen LogP contribution in [0, 0.1) is 0 Å². The molecule has 2 aliphatic heterocycles. The van der Waals surface area contributed by atoms with Crippen molar-refractivity contribution in [3.8, 4) is 11.5 Å². The molecule has 2 N–H and O–H groups in total. The summed E-state index contributed by atoms with van der Waals surface area (Å²) in [5.74, 6) is 1.59. The molecule has 4 nitrogen and oxygen atoms in total. The average Bonchev–Trinajstić information content (AvgIpc) is 3.01. The first kappa shape index (κ1) is 13.7. The summed E-state index contributed by atoms with van der Waals surface area (Å²) in [7, 11) is 0. The van der Waals surface area contributed by atoms with Crippen LogP contribution in [-0.2, 0) is 4.74 Å². The van der Waals surface area contributed by atoms with Crippen LogP contribution in [0.25, 0.3) is 0 Å². The molecule has 0 spiro atoms. The van der Waals surface area contributed by atoms with Gasteiger partial charge in [0, 0.05) is 12.0 Å². The predicted octanol–water partition coefficient (Wildman–Crippen LogP) is 2.50. The molecule has 2 fully saturated rings. The first-order chi connectivity index (χ1) is 9.71. The number of para-hydroxylation sites is 2. The smallest absolute Gasteiger partial charge is 0.161 e. The largest absolute Gasteiger partial charge is 0.490 e. The van der Waals surface area contributed by atoms with Crippen LogP contribution >= 0.6 is 0 Å². The van der Waals surface area contributed by atoms with Crippen LogP contribution in [0.2, 0.25) is 0 Å². The molecule has 0 saturated carbocycles. The maximum atomic E-state index is 6.47. The van der Waals surface area contributed by atoms with Crippen LogP contribution in [0.1, 0.15) is 32.6 Å². The van der Waals surface area contributed by atoms with E-state index in [2.05, 4.69) is 0 Å². The van der Waals surface area contributed by atoms with Crippen molar-refractivity contribution >= 4 is 0 Å². The Balaban J connectivity index is 1.55. The summed E-state index contributed by atoms with van der Waals surface area (Å²) >= 11 is 0. The number of ether oxygens (including phenoxy) is 3. The number of rotatable bonds is 6. The maximum absolute atomic E-state index is 6.47. The first-order valence-electron chi connectivity index (χ1n) is 7.50. The van der Waals surface area contributed by atoms with Crippen molar-refractivity contribution in [2.24, 2.45) is 5.73 Å². The minimum absolute atomic E-state index is 0.205. The number of hydrogen-bond donors (Lipinski definition) is 1. The maximum Gasteiger partial charge on any atom is 0.161 e. The molecular formula is C16H23NO3. The van der Waals surface area contributed by atoms with Gasteiger partial charge in [0.2, 0.25) is 0 Å². The minimum atomic E-state index is -0.205. The molecule has 1 aromatic rings. The van der Waals surface area contributed by atoms with Crippen molar-refractivity contribution in [2.75, 3.05) is 13.2 Å². The van der Waals surface area contributed by atoms with Gasteiger partial charge in [-0.1, -0.05) is 12.1 Å². The van der Waals surface area contributed by atoms with Gasteiger partial charge in [0.05, 0.1) is 25.4 Å². The molecule has 2 heterocycles. The molecule has 0 radical (unpaired) electrons. The predicted molar refractivity (Wildman–Crippen MR) is 77.2 cm³/mol. The third-order valence-electron chi connectivity index (χ3n) is 4.33. The molecule has 3 rings (SSSR count). The number of nitrogens with two attached hydrogens (primary N) is 1. The highest BCUT2D eigenvalue weighted by molar-refractivity contribution is 5.39. The van der Waals surface area contributed by atoms with E-state index in [0.717, 1.165) is 37.2 Å². The van der Waals surface area contributed by atoms with Gasteiger partial charge < -0.3 is 19.9 Å². The van der Waals surface area contributed by atoms with Crippen LogP contribution in [0.3, 0.4) is 0 Å². The van der Waals surface area contributed by atoms with Crippen LogP contribution in [0.5, 0.6) is 11.5 Å². The van der Waals surface area contributed by atoms with Gasteiger partial charge in [-0.25, -0.2) is 0 Å². The molecule has 3 unspecified atom stereocenters. The van der Waals surface area contributed by atoms with Gasteiger partial charge in [-0.2, -0.15) is 0 Å². The molecule has 3 atom stereocenters. The van der Waals surface area contributed by atoms with Crippen molar-refractivity contribution in [2.45, 2.75) is 50.4 Å². The molecule has 20 heavy (non-hydrogen) atoms. The van der Waals surface area contributed by atoms with E-state index >= 15 is 0 Å². The van der Waals surface area contributed by atoms with Crippen LogP contribution < -0.4 is 15.2 Å². The molecule has 0 amide bonds. The lowest BCUT2D eigenvalue weighted by Crippen LogP contribution is -2.49. The zero-order valence-corrected chi connectivity index (χ0v) is 12.0. The fourth-order valence-corrected chi connectivity index (χ4v) is 3.29. The van der Waals surface area contributed by atoms with Crippen molar-refractivity contribution in [3.63, 3.8) is 0 Å². The van der Waals surface area contributed by atoms with Crippen LogP contribution in [0.4, 0.5) is 0 Å². The monoisotopic (exact) mass is 277 g/mol. The van der Waals surface area contributed by atoms with E-state index in [1.807, 2.05) is 31.2 Å². The van der Waals surface area contributed by atoms with E-state index in [9.17, 15) is 0 Å². The molecule has 0 aliphatic carbocycles. The lowest BCUT2D eigenvalue weighted by molar-refractivity contribution is 0.0798. The Morgan fingerprint density at radius 1 is 1.25 bits per heavy atom. The Labute approximate surface area is 120 Å².